The number of H-pyrrole nitrogens is 1. The first-order valence-electron chi connectivity index (χ1n) is 17.4. The van der Waals surface area contributed by atoms with E-state index in [9.17, 15) is 28.8 Å². The van der Waals surface area contributed by atoms with Crippen LogP contribution >= 0.6 is 0 Å². The smallest absolute Gasteiger partial charge is 0.306 e. The molecule has 3 heterocycles. The lowest BCUT2D eigenvalue weighted by Crippen LogP contribution is -2.58. The van der Waals surface area contributed by atoms with Gasteiger partial charge in [0.2, 0.25) is 17.7 Å². The van der Waals surface area contributed by atoms with Gasteiger partial charge in [0, 0.05) is 48.7 Å². The second-order valence-corrected chi connectivity index (χ2v) is 13.5. The Bertz CT molecular complexity index is 1910. The highest BCUT2D eigenvalue weighted by Crippen LogP contribution is 2.27. The third-order valence-corrected chi connectivity index (χ3v) is 9.67. The first-order chi connectivity index (χ1) is 24.6. The number of para-hydroxylation sites is 1. The molecule has 1 aromatic heterocycles. The largest absolute Gasteiger partial charge is 0.460 e. The zero-order valence-corrected chi connectivity index (χ0v) is 28.5. The van der Waals surface area contributed by atoms with Crippen molar-refractivity contribution in [2.24, 2.45) is 5.92 Å². The van der Waals surface area contributed by atoms with Crippen molar-refractivity contribution in [3.05, 3.63) is 108 Å². The van der Waals surface area contributed by atoms with E-state index >= 15 is 0 Å². The quantitative estimate of drug-likeness (QED) is 0.215. The molecule has 0 unspecified atom stereocenters. The van der Waals surface area contributed by atoms with E-state index in [0.29, 0.717) is 0 Å². The van der Waals surface area contributed by atoms with E-state index in [1.54, 1.807) is 0 Å². The molecule has 4 aromatic rings. The number of amides is 3. The molecule has 3 aromatic carbocycles. The fourth-order valence-electron chi connectivity index (χ4n) is 7.01. The van der Waals surface area contributed by atoms with Gasteiger partial charge in [-0.3, -0.25) is 24.0 Å². The third kappa shape index (κ3) is 8.78. The third-order valence-electron chi connectivity index (χ3n) is 9.67. The number of carbonyl (C=O) groups excluding carboxylic acids is 6. The maximum absolute atomic E-state index is 14.5. The van der Waals surface area contributed by atoms with Gasteiger partial charge < -0.3 is 30.0 Å². The van der Waals surface area contributed by atoms with E-state index in [-0.39, 0.29) is 63.1 Å². The highest BCUT2D eigenvalue weighted by atomic mass is 16.5. The number of ketones is 2. The first-order valence-corrected chi connectivity index (χ1v) is 17.4. The molecule has 2 saturated heterocycles. The summed E-state index contributed by atoms with van der Waals surface area (Å²) in [6.07, 6.45) is 1.31. The average molecular weight is 691 g/mol. The maximum Gasteiger partial charge on any atom is 0.306 e. The lowest BCUT2D eigenvalue weighted by molar-refractivity contribution is -0.150. The number of aromatic amines is 1. The van der Waals surface area contributed by atoms with Crippen molar-refractivity contribution < 1.29 is 33.5 Å². The van der Waals surface area contributed by atoms with Gasteiger partial charge in [-0.15, -0.1) is 0 Å². The Labute approximate surface area is 296 Å². The van der Waals surface area contributed by atoms with E-state index in [0.717, 1.165) is 27.6 Å². The number of aromatic nitrogens is 1. The van der Waals surface area contributed by atoms with Crippen molar-refractivity contribution in [3.63, 3.8) is 0 Å². The Kier molecular flexibility index (Phi) is 11.0. The summed E-state index contributed by atoms with van der Waals surface area (Å²) in [6.45, 7) is 1.30. The summed E-state index contributed by atoms with van der Waals surface area (Å²) >= 11 is 0. The van der Waals surface area contributed by atoms with Crippen LogP contribution in [-0.4, -0.2) is 75.9 Å². The number of nitrogens with one attached hydrogen (secondary N) is 3. The molecular formula is C40H42N4O7. The predicted octanol–water partition coefficient (Wildman–Crippen LogP) is 3.64. The molecule has 0 bridgehead atoms. The number of rotatable bonds is 10. The van der Waals surface area contributed by atoms with Gasteiger partial charge >= 0.3 is 5.97 Å². The Morgan fingerprint density at radius 1 is 0.765 bits per heavy atom. The number of benzene rings is 3. The zero-order chi connectivity index (χ0) is 35.9. The maximum atomic E-state index is 14.5. The van der Waals surface area contributed by atoms with Crippen LogP contribution in [-0.2, 0) is 52.8 Å². The number of hydrogen-bond acceptors (Lipinski definition) is 7. The van der Waals surface area contributed by atoms with Gasteiger partial charge in [-0.25, -0.2) is 0 Å². The molecule has 5 atom stereocenters. The molecule has 51 heavy (non-hydrogen) atoms. The minimum atomic E-state index is -1.07. The van der Waals surface area contributed by atoms with Crippen LogP contribution in [0, 0.1) is 5.92 Å². The highest BCUT2D eigenvalue weighted by molar-refractivity contribution is 5.98. The van der Waals surface area contributed by atoms with Crippen LogP contribution in [0.15, 0.2) is 91.1 Å². The van der Waals surface area contributed by atoms with E-state index in [4.69, 9.17) is 4.74 Å². The summed E-state index contributed by atoms with van der Waals surface area (Å²) in [4.78, 5) is 85.8. The molecule has 11 nitrogen and oxygen atoms in total. The van der Waals surface area contributed by atoms with Crippen molar-refractivity contribution in [2.75, 3.05) is 6.54 Å². The van der Waals surface area contributed by atoms with Crippen LogP contribution in [0.2, 0.25) is 0 Å². The topological polar surface area (TPSA) is 155 Å². The predicted molar refractivity (Wildman–Crippen MR) is 189 cm³/mol. The molecule has 3 N–H and O–H groups in total. The Balaban J connectivity index is 1.35. The Morgan fingerprint density at radius 2 is 1.39 bits per heavy atom. The lowest BCUT2D eigenvalue weighted by atomic mass is 9.88. The molecule has 264 valence electrons. The monoisotopic (exact) mass is 690 g/mol. The molecule has 3 amide bonds. The Morgan fingerprint density at radius 3 is 2.08 bits per heavy atom. The van der Waals surface area contributed by atoms with Gasteiger partial charge in [-0.2, -0.15) is 0 Å². The van der Waals surface area contributed by atoms with Crippen LogP contribution in [0.5, 0.6) is 0 Å². The number of esters is 1. The fraction of sp³-hybridized carbons (Fsp3) is 0.350. The molecule has 11 heteroatoms. The molecule has 2 aliphatic rings. The van der Waals surface area contributed by atoms with Crippen molar-refractivity contribution in [3.8, 4) is 0 Å². The Hall–Kier alpha value is -5.58. The number of nitrogens with zero attached hydrogens (tertiary/aromatic N) is 1. The molecule has 2 fully saturated rings. The second kappa shape index (κ2) is 16.0. The van der Waals surface area contributed by atoms with Gasteiger partial charge in [0.05, 0.1) is 19.0 Å². The van der Waals surface area contributed by atoms with Crippen molar-refractivity contribution in [1.82, 2.24) is 20.5 Å². The molecule has 0 radical (unpaired) electrons. The molecular weight excluding hydrogens is 648 g/mol. The van der Waals surface area contributed by atoms with Crippen molar-refractivity contribution in [1.29, 1.82) is 0 Å². The van der Waals surface area contributed by atoms with Gasteiger partial charge in [0.25, 0.3) is 0 Å². The van der Waals surface area contributed by atoms with Crippen molar-refractivity contribution >= 4 is 46.2 Å². The van der Waals surface area contributed by atoms with E-state index in [1.807, 2.05) is 91.1 Å². The van der Waals surface area contributed by atoms with Gasteiger partial charge in [0.1, 0.15) is 24.0 Å². The van der Waals surface area contributed by atoms with E-state index < -0.39 is 53.8 Å². The summed E-state index contributed by atoms with van der Waals surface area (Å²) in [5.41, 5.74) is 3.37. The SMILES string of the molecule is CC(=O)CCC(=O)O[C@@H]1C[C@@H]2C(=O)N[C@@H](Cc3ccccc3)C(=O)C[C@H](Cc3c[nH]c4ccccc34)C(=O)N[C@@H](Cc3ccccc3)C(=O)N2C1. The molecule has 0 aliphatic carbocycles. The summed E-state index contributed by atoms with van der Waals surface area (Å²) in [7, 11) is 0. The summed E-state index contributed by atoms with van der Waals surface area (Å²) in [6, 6.07) is 23.1. The summed E-state index contributed by atoms with van der Waals surface area (Å²) in [5, 5.41) is 6.83. The van der Waals surface area contributed by atoms with Gasteiger partial charge in [-0.05, 0) is 42.5 Å². The van der Waals surface area contributed by atoms with Crippen LogP contribution in [0.1, 0.15) is 49.3 Å². The zero-order valence-electron chi connectivity index (χ0n) is 28.5. The second-order valence-electron chi connectivity index (χ2n) is 13.5. The molecule has 2 aliphatic heterocycles. The number of fused-ring (bicyclic) bond motifs is 2. The van der Waals surface area contributed by atoms with Crippen LogP contribution < -0.4 is 10.6 Å². The minimum Gasteiger partial charge on any atom is -0.460 e. The summed E-state index contributed by atoms with van der Waals surface area (Å²) in [5.74, 6) is -3.40. The number of carbonyl (C=O) groups is 6. The van der Waals surface area contributed by atoms with Crippen molar-refractivity contribution in [2.45, 2.75) is 76.1 Å². The summed E-state index contributed by atoms with van der Waals surface area (Å²) < 4.78 is 5.65. The highest BCUT2D eigenvalue weighted by Gasteiger charge is 2.45. The normalized spacial score (nSPS) is 22.8. The van der Waals surface area contributed by atoms with Gasteiger partial charge in [0.15, 0.2) is 5.78 Å². The first kappa shape index (κ1) is 35.3. The van der Waals surface area contributed by atoms with E-state index in [1.165, 1.54) is 11.8 Å². The lowest BCUT2D eigenvalue weighted by Gasteiger charge is -2.32. The van der Waals surface area contributed by atoms with Crippen LogP contribution in [0.4, 0.5) is 0 Å². The average Bonchev–Trinajstić information content (AvgIpc) is 3.74. The number of Topliss-reactive ketones (excluding diaryl/α,β-unsaturated/α-hetero) is 2. The standard InChI is InChI=1S/C40H42N4O7/c1-25(45)16-17-37(47)51-30-22-35-39(49)42-33(18-26-10-4-2-5-11-26)36(46)21-28(20-29-23-41-32-15-9-8-14-31(29)32)38(48)43-34(40(50)44(35)24-30)19-27-12-6-3-7-13-27/h2-15,23,28,30,33-35,41H,16-22,24H2,1H3,(H,42,49)(H,43,48)/t28-,30+,33-,34-,35+/m0/s1. The number of ether oxygens (including phenoxy) is 1. The minimum absolute atomic E-state index is 0.00479. The van der Waals surface area contributed by atoms with Crippen LogP contribution in [0.25, 0.3) is 10.9 Å². The van der Waals surface area contributed by atoms with E-state index in [2.05, 4.69) is 15.6 Å². The molecule has 6 rings (SSSR count). The number of hydrogen-bond donors (Lipinski definition) is 3. The fourth-order valence-corrected chi connectivity index (χ4v) is 7.01. The molecule has 0 spiro atoms. The van der Waals surface area contributed by atoms with Gasteiger partial charge in [-0.1, -0.05) is 78.9 Å². The van der Waals surface area contributed by atoms with Crippen LogP contribution in [0.3, 0.4) is 0 Å². The molecule has 0 saturated carbocycles.